The zero-order valence-electron chi connectivity index (χ0n) is 12.5. The third kappa shape index (κ3) is 4.89. The van der Waals surface area contributed by atoms with Crippen LogP contribution in [0.4, 0.5) is 0 Å². The van der Waals surface area contributed by atoms with E-state index in [0.29, 0.717) is 6.54 Å². The average molecular weight is 318 g/mol. The van der Waals surface area contributed by atoms with Crippen LogP contribution in [0.3, 0.4) is 0 Å². The second-order valence-corrected chi connectivity index (χ2v) is 5.33. The Morgan fingerprint density at radius 3 is 2.59 bits per heavy atom. The van der Waals surface area contributed by atoms with E-state index in [4.69, 9.17) is 21.4 Å². The first kappa shape index (κ1) is 16.0. The molecule has 0 fully saturated rings. The zero-order valence-corrected chi connectivity index (χ0v) is 13.3. The highest BCUT2D eigenvalue weighted by Gasteiger charge is 2.09. The van der Waals surface area contributed by atoms with E-state index in [9.17, 15) is 4.79 Å². The second kappa shape index (κ2) is 7.61. The second-order valence-electron chi connectivity index (χ2n) is 4.92. The van der Waals surface area contributed by atoms with Gasteiger partial charge in [-0.2, -0.15) is 0 Å². The summed E-state index contributed by atoms with van der Waals surface area (Å²) in [6, 6.07) is 10.9. The predicted molar refractivity (Wildman–Crippen MR) is 87.8 cm³/mol. The molecule has 5 nitrogen and oxygen atoms in total. The lowest BCUT2D eigenvalue weighted by atomic mass is 10.2. The Hall–Kier alpha value is -2.34. The molecule has 2 rings (SSSR count). The summed E-state index contributed by atoms with van der Waals surface area (Å²) in [5, 5.41) is 5.78. The first-order valence-corrected chi connectivity index (χ1v) is 7.33. The average Bonchev–Trinajstić information content (AvgIpc) is 3.00. The number of benzene rings is 1. The summed E-state index contributed by atoms with van der Waals surface area (Å²) in [5.41, 5.74) is 1.03. The number of thiocarbonyl (C=S) groups is 1. The van der Waals surface area contributed by atoms with E-state index in [-0.39, 0.29) is 22.9 Å². The van der Waals surface area contributed by atoms with E-state index >= 15 is 0 Å². The smallest absolute Gasteiger partial charge is 0.293 e. The summed E-state index contributed by atoms with van der Waals surface area (Å²) in [4.78, 5) is 11.7. The van der Waals surface area contributed by atoms with Gasteiger partial charge in [-0.15, -0.1) is 0 Å². The lowest BCUT2D eigenvalue weighted by molar-refractivity contribution is 0.0949. The molecule has 0 saturated carbocycles. The van der Waals surface area contributed by atoms with Gasteiger partial charge < -0.3 is 14.5 Å². The van der Waals surface area contributed by atoms with Crippen LogP contribution in [0.2, 0.25) is 0 Å². The van der Waals surface area contributed by atoms with E-state index in [2.05, 4.69) is 10.6 Å². The van der Waals surface area contributed by atoms with Crippen LogP contribution in [-0.2, 0) is 6.54 Å². The summed E-state index contributed by atoms with van der Waals surface area (Å²) >= 11 is 5.08. The summed E-state index contributed by atoms with van der Waals surface area (Å²) < 4.78 is 10.6. The topological polar surface area (TPSA) is 63.5 Å². The van der Waals surface area contributed by atoms with Gasteiger partial charge in [0, 0.05) is 6.54 Å². The van der Waals surface area contributed by atoms with Gasteiger partial charge in [0.15, 0.2) is 10.9 Å². The largest absolute Gasteiger partial charge is 0.491 e. The molecule has 0 aliphatic heterocycles. The molecule has 1 heterocycles. The Labute approximate surface area is 134 Å². The van der Waals surface area contributed by atoms with E-state index < -0.39 is 0 Å². The van der Waals surface area contributed by atoms with Crippen molar-refractivity contribution in [3.63, 3.8) is 0 Å². The van der Waals surface area contributed by atoms with Crippen molar-refractivity contribution in [2.45, 2.75) is 26.5 Å². The van der Waals surface area contributed by atoms with E-state index in [1.54, 1.807) is 12.1 Å². The maximum atomic E-state index is 11.7. The molecular weight excluding hydrogens is 300 g/mol. The number of ether oxygens (including phenoxy) is 1. The Morgan fingerprint density at radius 2 is 2.00 bits per heavy atom. The van der Waals surface area contributed by atoms with Gasteiger partial charge >= 0.3 is 0 Å². The van der Waals surface area contributed by atoms with Crippen LogP contribution in [0.1, 0.15) is 30.0 Å². The molecule has 0 bridgehead atoms. The Kier molecular flexibility index (Phi) is 5.55. The molecule has 0 atom stereocenters. The number of hydrogen-bond acceptors (Lipinski definition) is 4. The van der Waals surface area contributed by atoms with E-state index in [0.717, 1.165) is 11.3 Å². The molecule has 2 N–H and O–H groups in total. The molecule has 1 aromatic carbocycles. The summed E-state index contributed by atoms with van der Waals surface area (Å²) in [6.45, 7) is 4.48. The normalized spacial score (nSPS) is 10.3. The van der Waals surface area contributed by atoms with Gasteiger partial charge in [-0.25, -0.2) is 0 Å². The number of nitrogens with one attached hydrogen (secondary N) is 2. The van der Waals surface area contributed by atoms with Crippen LogP contribution >= 0.6 is 12.2 Å². The molecule has 0 unspecified atom stereocenters. The summed E-state index contributed by atoms with van der Waals surface area (Å²) in [6.07, 6.45) is 1.58. The van der Waals surface area contributed by atoms with Crippen molar-refractivity contribution in [2.24, 2.45) is 0 Å². The van der Waals surface area contributed by atoms with Gasteiger partial charge in [0.2, 0.25) is 0 Å². The molecule has 0 spiro atoms. The number of hydrogen-bond donors (Lipinski definition) is 2. The summed E-state index contributed by atoms with van der Waals surface area (Å²) in [5.74, 6) is 0.676. The maximum Gasteiger partial charge on any atom is 0.293 e. The Bertz CT molecular complexity index is 621. The molecule has 6 heteroatoms. The van der Waals surface area contributed by atoms with Crippen molar-refractivity contribution in [2.75, 3.05) is 0 Å². The van der Waals surface area contributed by atoms with Crippen molar-refractivity contribution in [3.05, 3.63) is 54.0 Å². The first-order chi connectivity index (χ1) is 10.5. The van der Waals surface area contributed by atoms with Crippen LogP contribution in [0.15, 0.2) is 47.1 Å². The minimum absolute atomic E-state index is 0.147. The molecule has 0 aliphatic rings. The van der Waals surface area contributed by atoms with Crippen LogP contribution in [0.5, 0.6) is 5.75 Å². The minimum Gasteiger partial charge on any atom is -0.491 e. The highest BCUT2D eigenvalue weighted by Crippen LogP contribution is 2.13. The number of carbonyl (C=O) groups is 1. The fourth-order valence-electron chi connectivity index (χ4n) is 1.76. The van der Waals surface area contributed by atoms with E-state index in [1.165, 1.54) is 6.26 Å². The predicted octanol–water partition coefficient (Wildman–Crippen LogP) is 2.87. The molecule has 0 aliphatic carbocycles. The van der Waals surface area contributed by atoms with Gasteiger partial charge in [-0.05, 0) is 55.9 Å². The Morgan fingerprint density at radius 1 is 1.27 bits per heavy atom. The van der Waals surface area contributed by atoms with Crippen LogP contribution in [0, 0.1) is 0 Å². The standard InChI is InChI=1S/C16H18N2O3S/c1-11(2)21-13-7-5-12(6-8-13)10-17-16(22)18-15(19)14-4-3-9-20-14/h3-9,11H,10H2,1-2H3,(H2,17,18,19,22). The minimum atomic E-state index is -0.372. The Balaban J connectivity index is 1.79. The van der Waals surface area contributed by atoms with Gasteiger partial charge in [-0.1, -0.05) is 12.1 Å². The third-order valence-corrected chi connectivity index (χ3v) is 2.97. The van der Waals surface area contributed by atoms with Crippen LogP contribution in [0.25, 0.3) is 0 Å². The van der Waals surface area contributed by atoms with Gasteiger partial charge in [0.1, 0.15) is 5.75 Å². The van der Waals surface area contributed by atoms with E-state index in [1.807, 2.05) is 38.1 Å². The van der Waals surface area contributed by atoms with Crippen LogP contribution in [-0.4, -0.2) is 17.1 Å². The highest BCUT2D eigenvalue weighted by molar-refractivity contribution is 7.80. The van der Waals surface area contributed by atoms with Gasteiger partial charge in [-0.3, -0.25) is 10.1 Å². The molecule has 0 saturated heterocycles. The molecular formula is C16H18N2O3S. The third-order valence-electron chi connectivity index (χ3n) is 2.72. The van der Waals surface area contributed by atoms with Crippen molar-refractivity contribution >= 4 is 23.2 Å². The lowest BCUT2D eigenvalue weighted by Gasteiger charge is -2.11. The van der Waals surface area contributed by atoms with Crippen molar-refractivity contribution < 1.29 is 13.9 Å². The quantitative estimate of drug-likeness (QED) is 0.830. The fraction of sp³-hybridized carbons (Fsp3) is 0.250. The fourth-order valence-corrected chi connectivity index (χ4v) is 1.92. The molecule has 116 valence electrons. The molecule has 0 radical (unpaired) electrons. The number of rotatable bonds is 5. The number of amides is 1. The SMILES string of the molecule is CC(C)Oc1ccc(CNC(=S)NC(=O)c2ccco2)cc1. The maximum absolute atomic E-state index is 11.7. The first-order valence-electron chi connectivity index (χ1n) is 6.93. The highest BCUT2D eigenvalue weighted by atomic mass is 32.1. The van der Waals surface area contributed by atoms with Crippen molar-refractivity contribution in [1.29, 1.82) is 0 Å². The zero-order chi connectivity index (χ0) is 15.9. The van der Waals surface area contributed by atoms with Crippen molar-refractivity contribution in [1.82, 2.24) is 10.6 Å². The monoisotopic (exact) mass is 318 g/mol. The molecule has 1 aromatic heterocycles. The summed E-state index contributed by atoms with van der Waals surface area (Å²) in [7, 11) is 0. The molecule has 2 aromatic rings. The van der Waals surface area contributed by atoms with Crippen molar-refractivity contribution in [3.8, 4) is 5.75 Å². The van der Waals surface area contributed by atoms with Gasteiger partial charge in [0.05, 0.1) is 12.4 Å². The molecule has 1 amide bonds. The number of carbonyl (C=O) groups excluding carboxylic acids is 1. The lowest BCUT2D eigenvalue weighted by Crippen LogP contribution is -2.38. The van der Waals surface area contributed by atoms with Gasteiger partial charge in [0.25, 0.3) is 5.91 Å². The molecule has 22 heavy (non-hydrogen) atoms. The van der Waals surface area contributed by atoms with Crippen LogP contribution < -0.4 is 15.4 Å². The number of furan rings is 1.